The number of nitrogens with zero attached hydrogens (tertiary/aromatic N) is 1. The molecule has 0 radical (unpaired) electrons. The second-order valence-electron chi connectivity index (χ2n) is 5.65. The van der Waals surface area contributed by atoms with Crippen molar-refractivity contribution in [2.24, 2.45) is 0 Å². The van der Waals surface area contributed by atoms with Crippen LogP contribution in [-0.2, 0) is 10.2 Å². The Morgan fingerprint density at radius 2 is 1.86 bits per heavy atom. The predicted octanol–water partition coefficient (Wildman–Crippen LogP) is 2.71. The number of rotatable bonds is 3. The van der Waals surface area contributed by atoms with E-state index in [9.17, 15) is 9.18 Å². The lowest BCUT2D eigenvalue weighted by molar-refractivity contribution is -0.136. The Balaban J connectivity index is 1.85. The highest BCUT2D eigenvalue weighted by Gasteiger charge is 2.47. The third-order valence-corrected chi connectivity index (χ3v) is 4.49. The Bertz CT molecular complexity index is 573. The zero-order valence-corrected chi connectivity index (χ0v) is 12.1. The molecule has 0 aromatic heterocycles. The number of nitrogens with one attached hydrogen (secondary N) is 1. The minimum atomic E-state index is -0.491. The van der Waals surface area contributed by atoms with Gasteiger partial charge >= 0.3 is 0 Å². The Hall–Kier alpha value is -1.94. The van der Waals surface area contributed by atoms with Gasteiger partial charge in [0.25, 0.3) is 0 Å². The van der Waals surface area contributed by atoms with E-state index in [1.165, 1.54) is 12.1 Å². The highest BCUT2D eigenvalue weighted by atomic mass is 19.1. The number of amides is 1. The number of likely N-dealkylation sites (N-methyl/N-ethyl adjacent to an activating group) is 1. The summed E-state index contributed by atoms with van der Waals surface area (Å²) in [4.78, 5) is 14.5. The van der Waals surface area contributed by atoms with E-state index in [1.807, 2.05) is 31.6 Å². The quantitative estimate of drug-likeness (QED) is 0.926. The smallest absolute Gasteiger partial charge is 0.241 e. The summed E-state index contributed by atoms with van der Waals surface area (Å²) in [5.74, 6) is -0.197. The van der Waals surface area contributed by atoms with Crippen molar-refractivity contribution in [2.75, 3.05) is 7.05 Å². The van der Waals surface area contributed by atoms with Crippen LogP contribution in [0.1, 0.15) is 24.8 Å². The van der Waals surface area contributed by atoms with Gasteiger partial charge in [0.1, 0.15) is 5.82 Å². The van der Waals surface area contributed by atoms with Crippen LogP contribution in [0.2, 0.25) is 0 Å². The van der Waals surface area contributed by atoms with Crippen LogP contribution in [0.25, 0.3) is 0 Å². The molecular weight excluding hydrogens is 267 g/mol. The van der Waals surface area contributed by atoms with Gasteiger partial charge in [-0.05, 0) is 49.7 Å². The summed E-state index contributed by atoms with van der Waals surface area (Å²) >= 11 is 0. The van der Waals surface area contributed by atoms with Crippen molar-refractivity contribution in [3.63, 3.8) is 0 Å². The molecule has 1 fully saturated rings. The molecule has 0 unspecified atom stereocenters. The number of benzene rings is 1. The molecule has 4 heteroatoms. The first kappa shape index (κ1) is 14.0. The Morgan fingerprint density at radius 1 is 1.24 bits per heavy atom. The van der Waals surface area contributed by atoms with Gasteiger partial charge in [-0.15, -0.1) is 0 Å². The molecule has 0 atom stereocenters. The van der Waals surface area contributed by atoms with E-state index in [2.05, 4.69) is 5.32 Å². The van der Waals surface area contributed by atoms with Crippen LogP contribution in [0.3, 0.4) is 0 Å². The van der Waals surface area contributed by atoms with Crippen molar-refractivity contribution in [2.45, 2.75) is 30.7 Å². The lowest BCUT2D eigenvalue weighted by Gasteiger charge is -2.43. The van der Waals surface area contributed by atoms with Gasteiger partial charge in [0.05, 0.1) is 5.41 Å². The maximum absolute atomic E-state index is 13.1. The number of carbonyl (C=O) groups excluding carboxylic acids is 1. The van der Waals surface area contributed by atoms with Crippen LogP contribution in [0, 0.1) is 5.82 Å². The molecular formula is C17H19FN2O. The molecule has 1 N–H and O–H groups in total. The van der Waals surface area contributed by atoms with Gasteiger partial charge in [0, 0.05) is 18.4 Å². The number of hydrogen-bond donors (Lipinski definition) is 1. The van der Waals surface area contributed by atoms with E-state index in [-0.39, 0.29) is 17.8 Å². The summed E-state index contributed by atoms with van der Waals surface area (Å²) < 4.78 is 13.1. The van der Waals surface area contributed by atoms with Gasteiger partial charge < -0.3 is 5.32 Å². The first-order valence-electron chi connectivity index (χ1n) is 7.28. The zero-order chi connectivity index (χ0) is 14.9. The molecule has 1 aliphatic carbocycles. The Morgan fingerprint density at radius 3 is 2.33 bits per heavy atom. The highest BCUT2D eigenvalue weighted by molar-refractivity contribution is 5.91. The molecule has 21 heavy (non-hydrogen) atoms. The Labute approximate surface area is 124 Å². The average Bonchev–Trinajstić information content (AvgIpc) is 2.48. The predicted molar refractivity (Wildman–Crippen MR) is 79.9 cm³/mol. The molecule has 1 heterocycles. The third-order valence-electron chi connectivity index (χ3n) is 4.49. The topological polar surface area (TPSA) is 32.3 Å². The van der Waals surface area contributed by atoms with Gasteiger partial charge in [-0.25, -0.2) is 4.39 Å². The fraction of sp³-hybridized carbons (Fsp3) is 0.353. The molecule has 1 aromatic carbocycles. The van der Waals surface area contributed by atoms with Crippen LogP contribution in [0.4, 0.5) is 4.39 Å². The van der Waals surface area contributed by atoms with E-state index in [4.69, 9.17) is 0 Å². The van der Waals surface area contributed by atoms with Gasteiger partial charge in [0.15, 0.2) is 0 Å². The summed E-state index contributed by atoms with van der Waals surface area (Å²) in [5, 5.41) is 3.11. The maximum Gasteiger partial charge on any atom is 0.241 e. The summed E-state index contributed by atoms with van der Waals surface area (Å²) in [7, 11) is 1.88. The second-order valence-corrected chi connectivity index (χ2v) is 5.65. The minimum Gasteiger partial charge on any atom is -0.310 e. The molecule has 2 aliphatic rings. The fourth-order valence-electron chi connectivity index (χ4n) is 2.98. The van der Waals surface area contributed by atoms with Gasteiger partial charge in [0.2, 0.25) is 5.91 Å². The van der Waals surface area contributed by atoms with Crippen LogP contribution in [-0.4, -0.2) is 23.9 Å². The first-order chi connectivity index (χ1) is 10.2. The lowest BCUT2D eigenvalue weighted by Crippen LogP contribution is -2.48. The molecule has 1 aromatic rings. The third kappa shape index (κ3) is 2.40. The highest BCUT2D eigenvalue weighted by Crippen LogP contribution is 2.45. The summed E-state index contributed by atoms with van der Waals surface area (Å²) in [5.41, 5.74) is 0.423. The Kier molecular flexibility index (Phi) is 3.64. The van der Waals surface area contributed by atoms with Crippen molar-refractivity contribution >= 4 is 5.91 Å². The van der Waals surface area contributed by atoms with E-state index in [0.717, 1.165) is 24.8 Å². The summed E-state index contributed by atoms with van der Waals surface area (Å²) in [6.45, 7) is 0. The van der Waals surface area contributed by atoms with Gasteiger partial charge in [-0.3, -0.25) is 9.69 Å². The lowest BCUT2D eigenvalue weighted by atomic mass is 9.63. The fourth-order valence-corrected chi connectivity index (χ4v) is 2.98. The average molecular weight is 286 g/mol. The van der Waals surface area contributed by atoms with Crippen LogP contribution >= 0.6 is 0 Å². The molecule has 1 saturated carbocycles. The molecule has 3 nitrogen and oxygen atoms in total. The van der Waals surface area contributed by atoms with Crippen molar-refractivity contribution in [3.05, 3.63) is 60.2 Å². The first-order valence-corrected chi connectivity index (χ1v) is 7.28. The zero-order valence-electron chi connectivity index (χ0n) is 12.1. The molecule has 1 amide bonds. The molecule has 1 aliphatic heterocycles. The molecule has 0 saturated heterocycles. The molecule has 110 valence electrons. The van der Waals surface area contributed by atoms with E-state index in [0.29, 0.717) is 0 Å². The number of halogens is 1. The van der Waals surface area contributed by atoms with E-state index >= 15 is 0 Å². The molecule has 0 bridgehead atoms. The monoisotopic (exact) mass is 286 g/mol. The van der Waals surface area contributed by atoms with Crippen molar-refractivity contribution in [1.29, 1.82) is 0 Å². The summed E-state index contributed by atoms with van der Waals surface area (Å²) in [6.07, 6.45) is 10.2. The SMILES string of the molecule is CNC1C=CN(C(=O)C2(c3ccc(F)cc3)CCC2)C=C1. The van der Waals surface area contributed by atoms with Gasteiger partial charge in [-0.1, -0.05) is 18.6 Å². The van der Waals surface area contributed by atoms with Crippen LogP contribution < -0.4 is 5.32 Å². The van der Waals surface area contributed by atoms with Gasteiger partial charge in [-0.2, -0.15) is 0 Å². The second kappa shape index (κ2) is 5.45. The molecule has 0 spiro atoms. The van der Waals surface area contributed by atoms with E-state index in [1.54, 1.807) is 17.0 Å². The maximum atomic E-state index is 13.1. The number of carbonyl (C=O) groups is 1. The number of hydrogen-bond acceptors (Lipinski definition) is 2. The summed E-state index contributed by atoms with van der Waals surface area (Å²) in [6, 6.07) is 6.50. The normalized spacial score (nSPS) is 20.4. The van der Waals surface area contributed by atoms with Crippen molar-refractivity contribution in [3.8, 4) is 0 Å². The van der Waals surface area contributed by atoms with E-state index < -0.39 is 5.41 Å². The van der Waals surface area contributed by atoms with Crippen molar-refractivity contribution in [1.82, 2.24) is 10.2 Å². The van der Waals surface area contributed by atoms with Crippen molar-refractivity contribution < 1.29 is 9.18 Å². The van der Waals surface area contributed by atoms with Crippen LogP contribution in [0.5, 0.6) is 0 Å². The molecule has 3 rings (SSSR count). The minimum absolute atomic E-state index is 0.0717. The largest absolute Gasteiger partial charge is 0.310 e. The van der Waals surface area contributed by atoms with Crippen LogP contribution in [0.15, 0.2) is 48.8 Å². The standard InChI is InChI=1S/C17H19FN2O/c1-19-15-7-11-20(12-8-15)16(21)17(9-2-10-17)13-3-5-14(18)6-4-13/h3-8,11-12,15,19H,2,9-10H2,1H3.